The van der Waals surface area contributed by atoms with Gasteiger partial charge >= 0.3 is 0 Å². The molecule has 0 radical (unpaired) electrons. The summed E-state index contributed by atoms with van der Waals surface area (Å²) < 4.78 is 1.90. The SMILES string of the molecule is Cc1cc2c(C#N)c(N)n(-c3c(C)ccc(-c4cc[nH]n4)c3C)c2nc1C. The molecule has 0 saturated heterocycles. The molecule has 134 valence electrons. The van der Waals surface area contributed by atoms with Gasteiger partial charge in [-0.25, -0.2) is 4.98 Å². The molecule has 3 aromatic heterocycles. The van der Waals surface area contributed by atoms with E-state index in [1.54, 1.807) is 6.20 Å². The number of hydrogen-bond acceptors (Lipinski definition) is 4. The number of aromatic amines is 1. The van der Waals surface area contributed by atoms with Crippen LogP contribution in [0.15, 0.2) is 30.5 Å². The minimum atomic E-state index is 0.412. The number of nitrogens with two attached hydrogens (primary N) is 1. The van der Waals surface area contributed by atoms with Gasteiger partial charge in [-0.1, -0.05) is 12.1 Å². The number of aromatic nitrogens is 4. The van der Waals surface area contributed by atoms with Gasteiger partial charge < -0.3 is 5.73 Å². The second-order valence-corrected chi connectivity index (χ2v) is 6.83. The first-order valence-corrected chi connectivity index (χ1v) is 8.73. The summed E-state index contributed by atoms with van der Waals surface area (Å²) in [6.45, 7) is 8.04. The Bertz CT molecular complexity index is 1220. The molecule has 4 aromatic rings. The number of hydrogen-bond donors (Lipinski definition) is 2. The van der Waals surface area contributed by atoms with Crippen LogP contribution in [0.5, 0.6) is 0 Å². The molecule has 0 aliphatic heterocycles. The van der Waals surface area contributed by atoms with E-state index in [4.69, 9.17) is 10.7 Å². The molecule has 0 aliphatic rings. The van der Waals surface area contributed by atoms with Gasteiger partial charge in [0, 0.05) is 22.8 Å². The Labute approximate surface area is 157 Å². The number of nitrogen functional groups attached to an aromatic ring is 1. The van der Waals surface area contributed by atoms with E-state index in [0.717, 1.165) is 44.7 Å². The normalized spacial score (nSPS) is 11.1. The lowest BCUT2D eigenvalue weighted by molar-refractivity contribution is 1.04. The van der Waals surface area contributed by atoms with Gasteiger partial charge in [-0.15, -0.1) is 0 Å². The summed E-state index contributed by atoms with van der Waals surface area (Å²) in [5.74, 6) is 0.412. The summed E-state index contributed by atoms with van der Waals surface area (Å²) in [6.07, 6.45) is 1.80. The summed E-state index contributed by atoms with van der Waals surface area (Å²) in [7, 11) is 0. The van der Waals surface area contributed by atoms with Crippen molar-refractivity contribution in [3.8, 4) is 23.0 Å². The summed E-state index contributed by atoms with van der Waals surface area (Å²) in [5.41, 5.74) is 14.5. The maximum atomic E-state index is 9.70. The average molecular weight is 356 g/mol. The number of anilines is 1. The van der Waals surface area contributed by atoms with Gasteiger partial charge in [0.15, 0.2) is 0 Å². The van der Waals surface area contributed by atoms with Crippen molar-refractivity contribution < 1.29 is 0 Å². The monoisotopic (exact) mass is 356 g/mol. The maximum absolute atomic E-state index is 9.70. The van der Waals surface area contributed by atoms with Crippen molar-refractivity contribution in [1.29, 1.82) is 5.26 Å². The van der Waals surface area contributed by atoms with Crippen LogP contribution in [0.25, 0.3) is 28.0 Å². The van der Waals surface area contributed by atoms with Crippen molar-refractivity contribution in [3.05, 3.63) is 58.4 Å². The second-order valence-electron chi connectivity index (χ2n) is 6.83. The van der Waals surface area contributed by atoms with Gasteiger partial charge in [0.2, 0.25) is 0 Å². The zero-order valence-corrected chi connectivity index (χ0v) is 15.8. The number of H-pyrrole nitrogens is 1. The van der Waals surface area contributed by atoms with Crippen LogP contribution in [0.2, 0.25) is 0 Å². The van der Waals surface area contributed by atoms with Gasteiger partial charge in [0.1, 0.15) is 23.1 Å². The maximum Gasteiger partial charge on any atom is 0.147 e. The molecule has 0 bridgehead atoms. The van der Waals surface area contributed by atoms with Gasteiger partial charge in [-0.2, -0.15) is 10.4 Å². The molecule has 3 N–H and O–H groups in total. The average Bonchev–Trinajstić information content (AvgIpc) is 3.24. The number of benzene rings is 1. The van der Waals surface area contributed by atoms with Crippen molar-refractivity contribution in [2.45, 2.75) is 27.7 Å². The molecule has 0 amide bonds. The standard InChI is InChI=1S/C21H20N6/c1-11-5-6-15(18-7-8-24-26-18)13(3)19(11)27-20(23)17(10-22)16-9-12(2)14(4)25-21(16)27/h5-9H,23H2,1-4H3,(H,24,26). The van der Waals surface area contributed by atoms with E-state index < -0.39 is 0 Å². The highest BCUT2D eigenvalue weighted by molar-refractivity contribution is 5.93. The fourth-order valence-corrected chi connectivity index (χ4v) is 3.62. The Balaban J connectivity index is 2.13. The number of nitrogens with one attached hydrogen (secondary N) is 1. The third kappa shape index (κ3) is 2.40. The molecular weight excluding hydrogens is 336 g/mol. The minimum Gasteiger partial charge on any atom is -0.384 e. The molecule has 0 aliphatic carbocycles. The fraction of sp³-hybridized carbons (Fsp3) is 0.190. The lowest BCUT2D eigenvalue weighted by atomic mass is 10.00. The smallest absolute Gasteiger partial charge is 0.147 e. The second kappa shape index (κ2) is 5.99. The molecule has 6 heteroatoms. The third-order valence-corrected chi connectivity index (χ3v) is 5.17. The summed E-state index contributed by atoms with van der Waals surface area (Å²) in [5, 5.41) is 17.6. The lowest BCUT2D eigenvalue weighted by Gasteiger charge is -2.17. The van der Waals surface area contributed by atoms with Crippen LogP contribution in [0.1, 0.15) is 27.9 Å². The molecule has 0 atom stereocenters. The van der Waals surface area contributed by atoms with Crippen LogP contribution in [-0.4, -0.2) is 19.7 Å². The Morgan fingerprint density at radius 2 is 1.89 bits per heavy atom. The van der Waals surface area contributed by atoms with Crippen LogP contribution in [0.3, 0.4) is 0 Å². The molecule has 0 fully saturated rings. The zero-order valence-electron chi connectivity index (χ0n) is 15.8. The highest BCUT2D eigenvalue weighted by Crippen LogP contribution is 2.36. The Morgan fingerprint density at radius 3 is 2.56 bits per heavy atom. The van der Waals surface area contributed by atoms with Crippen molar-refractivity contribution in [2.75, 3.05) is 5.73 Å². The largest absolute Gasteiger partial charge is 0.384 e. The van der Waals surface area contributed by atoms with Crippen molar-refractivity contribution in [2.24, 2.45) is 0 Å². The van der Waals surface area contributed by atoms with Crippen molar-refractivity contribution in [3.63, 3.8) is 0 Å². The van der Waals surface area contributed by atoms with Crippen LogP contribution in [0, 0.1) is 39.0 Å². The highest BCUT2D eigenvalue weighted by Gasteiger charge is 2.22. The zero-order chi connectivity index (χ0) is 19.3. The lowest BCUT2D eigenvalue weighted by Crippen LogP contribution is -2.07. The predicted molar refractivity (Wildman–Crippen MR) is 107 cm³/mol. The molecule has 1 aromatic carbocycles. The number of nitriles is 1. The van der Waals surface area contributed by atoms with E-state index >= 15 is 0 Å². The van der Waals surface area contributed by atoms with E-state index in [1.165, 1.54) is 0 Å². The Kier molecular flexibility index (Phi) is 3.74. The number of pyridine rings is 1. The molecule has 4 rings (SSSR count). The van der Waals surface area contributed by atoms with E-state index in [1.807, 2.05) is 50.5 Å². The predicted octanol–water partition coefficient (Wildman–Crippen LogP) is 4.10. The van der Waals surface area contributed by atoms with Gasteiger partial charge in [-0.05, 0) is 56.5 Å². The summed E-state index contributed by atoms with van der Waals surface area (Å²) in [6, 6.07) is 10.3. The van der Waals surface area contributed by atoms with Crippen molar-refractivity contribution in [1.82, 2.24) is 19.7 Å². The summed E-state index contributed by atoms with van der Waals surface area (Å²) in [4.78, 5) is 4.77. The Hall–Kier alpha value is -3.59. The number of fused-ring (bicyclic) bond motifs is 1. The van der Waals surface area contributed by atoms with Gasteiger partial charge in [0.05, 0.1) is 11.4 Å². The number of rotatable bonds is 2. The van der Waals surface area contributed by atoms with Crippen LogP contribution in [-0.2, 0) is 0 Å². The first-order chi connectivity index (χ1) is 12.9. The summed E-state index contributed by atoms with van der Waals surface area (Å²) >= 11 is 0. The van der Waals surface area contributed by atoms with Gasteiger partial charge in [0.25, 0.3) is 0 Å². The molecule has 3 heterocycles. The first kappa shape index (κ1) is 16.9. The van der Waals surface area contributed by atoms with E-state index in [0.29, 0.717) is 17.0 Å². The molecule has 0 saturated carbocycles. The molecule has 0 unspecified atom stereocenters. The molecule has 27 heavy (non-hydrogen) atoms. The van der Waals surface area contributed by atoms with Gasteiger partial charge in [-0.3, -0.25) is 9.67 Å². The van der Waals surface area contributed by atoms with E-state index in [2.05, 4.69) is 22.3 Å². The molecule has 0 spiro atoms. The van der Waals surface area contributed by atoms with Crippen LogP contribution in [0.4, 0.5) is 5.82 Å². The van der Waals surface area contributed by atoms with Crippen LogP contribution < -0.4 is 5.73 Å². The molecular formula is C21H20N6. The first-order valence-electron chi connectivity index (χ1n) is 8.73. The van der Waals surface area contributed by atoms with Crippen molar-refractivity contribution >= 4 is 16.9 Å². The van der Waals surface area contributed by atoms with E-state index in [9.17, 15) is 5.26 Å². The highest BCUT2D eigenvalue weighted by atomic mass is 15.1. The van der Waals surface area contributed by atoms with E-state index in [-0.39, 0.29) is 0 Å². The number of nitrogens with zero attached hydrogens (tertiary/aromatic N) is 4. The topological polar surface area (TPSA) is 96.3 Å². The molecule has 6 nitrogen and oxygen atoms in total. The Morgan fingerprint density at radius 1 is 1.11 bits per heavy atom. The van der Waals surface area contributed by atoms with Crippen LogP contribution >= 0.6 is 0 Å². The third-order valence-electron chi connectivity index (χ3n) is 5.17. The quantitative estimate of drug-likeness (QED) is 0.565. The minimum absolute atomic E-state index is 0.412. The number of aryl methyl sites for hydroxylation is 3. The fourth-order valence-electron chi connectivity index (χ4n) is 3.62.